The third kappa shape index (κ3) is 11.4. The first kappa shape index (κ1) is 34.1. The van der Waals surface area contributed by atoms with E-state index in [4.69, 9.17) is 9.47 Å². The maximum atomic E-state index is 12.6. The number of aliphatic hydroxyl groups excluding tert-OH is 4. The second-order valence-electron chi connectivity index (χ2n) is 11.9. The third-order valence-electron chi connectivity index (χ3n) is 7.92. The summed E-state index contributed by atoms with van der Waals surface area (Å²) in [5.41, 5.74) is 2.47. The first-order chi connectivity index (χ1) is 18.8. The molecule has 2 aliphatic heterocycles. The molecule has 0 aromatic heterocycles. The van der Waals surface area contributed by atoms with Crippen molar-refractivity contribution in [2.24, 2.45) is 17.8 Å². The summed E-state index contributed by atoms with van der Waals surface area (Å²) in [5, 5.41) is 41.3. The topological polar surface area (TPSA) is 137 Å². The average molecular weight is 563 g/mol. The fourth-order valence-electron chi connectivity index (χ4n) is 5.17. The van der Waals surface area contributed by atoms with Crippen LogP contribution in [0.5, 0.6) is 0 Å². The number of aliphatic hydroxyl groups is 4. The zero-order chi connectivity index (χ0) is 30.0. The number of fused-ring (bicyclic) bond motifs is 1. The van der Waals surface area contributed by atoms with Gasteiger partial charge in [0.15, 0.2) is 5.78 Å². The van der Waals surface area contributed by atoms with Gasteiger partial charge in [0, 0.05) is 12.0 Å². The normalized spacial score (nSPS) is 40.1. The fraction of sp³-hybridized carbons (Fsp3) is 0.688. The molecule has 0 amide bonds. The molecule has 0 saturated carbocycles. The van der Waals surface area contributed by atoms with Crippen molar-refractivity contribution in [3.8, 4) is 0 Å². The minimum atomic E-state index is -1.70. The molecule has 4 N–H and O–H groups in total. The Hall–Kier alpha value is -2.10. The maximum Gasteiger partial charge on any atom is 0.333 e. The van der Waals surface area contributed by atoms with E-state index >= 15 is 0 Å². The van der Waals surface area contributed by atoms with Crippen molar-refractivity contribution < 1.29 is 39.5 Å². The van der Waals surface area contributed by atoms with Crippen LogP contribution < -0.4 is 0 Å². The molecule has 1 saturated heterocycles. The fourth-order valence-corrected chi connectivity index (χ4v) is 5.17. The molecule has 8 nitrogen and oxygen atoms in total. The van der Waals surface area contributed by atoms with Gasteiger partial charge in [-0.25, -0.2) is 4.79 Å². The molecule has 2 aliphatic rings. The van der Waals surface area contributed by atoms with Crippen LogP contribution in [0.2, 0.25) is 0 Å². The first-order valence-corrected chi connectivity index (χ1v) is 14.6. The average Bonchev–Trinajstić information content (AvgIpc) is 3.62. The Morgan fingerprint density at radius 3 is 2.38 bits per heavy atom. The Morgan fingerprint density at radius 2 is 1.70 bits per heavy atom. The number of esters is 1. The van der Waals surface area contributed by atoms with Crippen LogP contribution in [0.15, 0.2) is 47.6 Å². The number of hydrogen-bond donors (Lipinski definition) is 4. The molecule has 0 aromatic rings. The van der Waals surface area contributed by atoms with Crippen LogP contribution >= 0.6 is 0 Å². The van der Waals surface area contributed by atoms with E-state index < -0.39 is 48.7 Å². The van der Waals surface area contributed by atoms with Gasteiger partial charge in [-0.05, 0) is 70.1 Å². The predicted molar refractivity (Wildman–Crippen MR) is 154 cm³/mol. The maximum absolute atomic E-state index is 12.6. The number of cyclic esters (lactones) is 1. The number of carbonyl (C=O) groups is 2. The van der Waals surface area contributed by atoms with E-state index in [9.17, 15) is 30.0 Å². The molecule has 1 fully saturated rings. The number of rotatable bonds is 1. The second kappa shape index (κ2) is 16.4. The number of allylic oxidation sites excluding steroid dienone is 5. The van der Waals surface area contributed by atoms with Gasteiger partial charge in [-0.3, -0.25) is 4.79 Å². The number of hydrogen-bond acceptors (Lipinski definition) is 8. The lowest BCUT2D eigenvalue weighted by Crippen LogP contribution is -2.41. The van der Waals surface area contributed by atoms with Gasteiger partial charge < -0.3 is 29.9 Å². The van der Waals surface area contributed by atoms with E-state index in [1.807, 2.05) is 19.9 Å². The summed E-state index contributed by atoms with van der Waals surface area (Å²) in [6.45, 7) is 13.1. The molecule has 226 valence electrons. The summed E-state index contributed by atoms with van der Waals surface area (Å²) in [7, 11) is 0. The molecule has 8 heteroatoms. The molecule has 2 heterocycles. The molecule has 0 aromatic carbocycles. The highest BCUT2D eigenvalue weighted by Gasteiger charge is 2.37. The molecule has 2 rings (SSSR count). The van der Waals surface area contributed by atoms with Gasteiger partial charge in [0.05, 0.1) is 24.9 Å². The zero-order valence-electron chi connectivity index (χ0n) is 24.8. The van der Waals surface area contributed by atoms with Gasteiger partial charge in [-0.15, -0.1) is 0 Å². The molecule has 40 heavy (non-hydrogen) atoms. The van der Waals surface area contributed by atoms with Crippen molar-refractivity contribution >= 4 is 11.8 Å². The minimum absolute atomic E-state index is 0.00630. The van der Waals surface area contributed by atoms with Crippen molar-refractivity contribution in [2.75, 3.05) is 6.61 Å². The van der Waals surface area contributed by atoms with E-state index in [1.54, 1.807) is 19.9 Å². The van der Waals surface area contributed by atoms with Crippen LogP contribution in [0, 0.1) is 17.8 Å². The van der Waals surface area contributed by atoms with E-state index in [0.29, 0.717) is 24.3 Å². The Morgan fingerprint density at radius 1 is 1.00 bits per heavy atom. The number of Topliss-reactive ketones (excluding diaryl/α,β-unsaturated/α-hetero) is 1. The number of epoxide rings is 1. The van der Waals surface area contributed by atoms with E-state index in [0.717, 1.165) is 30.4 Å². The summed E-state index contributed by atoms with van der Waals surface area (Å²) in [6, 6.07) is 0. The first-order valence-electron chi connectivity index (χ1n) is 14.6. The minimum Gasteiger partial charge on any atom is -0.457 e. The second-order valence-corrected chi connectivity index (χ2v) is 11.9. The predicted octanol–water partition coefficient (Wildman–Crippen LogP) is 3.97. The summed E-state index contributed by atoms with van der Waals surface area (Å²) in [5.74, 6) is -1.49. The van der Waals surface area contributed by atoms with Crippen molar-refractivity contribution in [2.45, 2.75) is 116 Å². The van der Waals surface area contributed by atoms with Crippen LogP contribution in [-0.4, -0.2) is 75.4 Å². The van der Waals surface area contributed by atoms with Gasteiger partial charge in [0.1, 0.15) is 18.3 Å². The van der Waals surface area contributed by atoms with Gasteiger partial charge in [-0.1, -0.05) is 62.8 Å². The lowest BCUT2D eigenvalue weighted by molar-refractivity contribution is -0.149. The highest BCUT2D eigenvalue weighted by molar-refractivity contribution is 5.87. The summed E-state index contributed by atoms with van der Waals surface area (Å²) < 4.78 is 11.2. The van der Waals surface area contributed by atoms with Crippen molar-refractivity contribution in [1.29, 1.82) is 0 Å². The van der Waals surface area contributed by atoms with E-state index in [1.165, 1.54) is 0 Å². The van der Waals surface area contributed by atoms with Crippen molar-refractivity contribution in [3.63, 3.8) is 0 Å². The SMILES string of the molecule is C=C1/C=C(\C)[C@@H](C)C[C@H](O)CC(=O)[C@H](O)[C@@H](O)[C@H](C)C[C@@H](CO)OC(=O)/C(C)=C/CC/C=C/[C@H]2O[C@H]2C[C@H](C)C1. The van der Waals surface area contributed by atoms with Crippen LogP contribution in [0.1, 0.15) is 79.6 Å². The quantitative estimate of drug-likeness (QED) is 0.214. The molecular weight excluding hydrogens is 512 g/mol. The zero-order valence-corrected chi connectivity index (χ0v) is 24.8. The monoisotopic (exact) mass is 562 g/mol. The van der Waals surface area contributed by atoms with Gasteiger partial charge in [-0.2, -0.15) is 0 Å². The van der Waals surface area contributed by atoms with Crippen molar-refractivity contribution in [3.05, 3.63) is 47.6 Å². The smallest absolute Gasteiger partial charge is 0.333 e. The van der Waals surface area contributed by atoms with Gasteiger partial charge in [0.2, 0.25) is 0 Å². The van der Waals surface area contributed by atoms with Crippen molar-refractivity contribution in [1.82, 2.24) is 0 Å². The highest BCUT2D eigenvalue weighted by atomic mass is 16.6. The summed E-state index contributed by atoms with van der Waals surface area (Å²) in [4.78, 5) is 25.1. The summed E-state index contributed by atoms with van der Waals surface area (Å²) in [6.07, 6.45) is 6.52. The summed E-state index contributed by atoms with van der Waals surface area (Å²) >= 11 is 0. The standard InChI is InChI=1S/C32H50O8/c1-19-12-20(2)14-29-28(40-29)11-9-7-8-10-21(3)32(38)39-26(18-33)16-24(6)30(36)31(37)27(35)17-25(34)15-23(5)22(4)13-19/h9-11,13,20,23-26,28-31,33-34,36-37H,1,7-8,12,14-18H2,2-6H3/b11-9+,21-10+,22-13+/t20-,23+,24-,25+,26+,28-,29+,30+,31+/m1/s1. The molecule has 9 atom stereocenters. The lowest BCUT2D eigenvalue weighted by atomic mass is 9.88. The number of ether oxygens (including phenoxy) is 2. The molecule has 0 spiro atoms. The Bertz CT molecular complexity index is 951. The third-order valence-corrected chi connectivity index (χ3v) is 7.92. The molecule has 0 radical (unpaired) electrons. The van der Waals surface area contributed by atoms with Gasteiger partial charge in [0.25, 0.3) is 0 Å². The Kier molecular flexibility index (Phi) is 14.0. The molecule has 0 unspecified atom stereocenters. The lowest BCUT2D eigenvalue weighted by Gasteiger charge is -2.27. The van der Waals surface area contributed by atoms with E-state index in [2.05, 4.69) is 25.7 Å². The van der Waals surface area contributed by atoms with Crippen LogP contribution in [0.4, 0.5) is 0 Å². The van der Waals surface area contributed by atoms with Crippen LogP contribution in [0.3, 0.4) is 0 Å². The number of carbonyl (C=O) groups excluding carboxylic acids is 2. The van der Waals surface area contributed by atoms with E-state index in [-0.39, 0.29) is 31.0 Å². The molecule has 0 bridgehead atoms. The van der Waals surface area contributed by atoms with Crippen LogP contribution in [-0.2, 0) is 19.1 Å². The Labute approximate surface area is 239 Å². The van der Waals surface area contributed by atoms with Crippen LogP contribution in [0.25, 0.3) is 0 Å². The molecule has 0 aliphatic carbocycles. The van der Waals surface area contributed by atoms with Gasteiger partial charge >= 0.3 is 5.97 Å². The number of ketones is 1. The highest BCUT2D eigenvalue weighted by Crippen LogP contribution is 2.32. The largest absolute Gasteiger partial charge is 0.457 e. The molecular formula is C32H50O8. The Balaban J connectivity index is 2.13.